The molecular formula is C22H24N4O2. The molecule has 144 valence electrons. The van der Waals surface area contributed by atoms with Gasteiger partial charge in [-0.05, 0) is 31.0 Å². The van der Waals surface area contributed by atoms with Gasteiger partial charge in [-0.15, -0.1) is 10.2 Å². The maximum Gasteiger partial charge on any atom is 0.260 e. The number of hydrogen-bond donors (Lipinski definition) is 0. The third-order valence-electron chi connectivity index (χ3n) is 5.10. The van der Waals surface area contributed by atoms with Crippen molar-refractivity contribution in [3.63, 3.8) is 0 Å². The van der Waals surface area contributed by atoms with E-state index in [1.165, 1.54) is 5.56 Å². The van der Waals surface area contributed by atoms with Crippen molar-refractivity contribution >= 4 is 5.91 Å². The van der Waals surface area contributed by atoms with E-state index in [9.17, 15) is 4.79 Å². The molecular weight excluding hydrogens is 352 g/mol. The third kappa shape index (κ3) is 3.76. The molecule has 1 aliphatic rings. The van der Waals surface area contributed by atoms with Crippen LogP contribution in [0.4, 0.5) is 0 Å². The van der Waals surface area contributed by atoms with E-state index in [1.54, 1.807) is 4.90 Å². The summed E-state index contributed by atoms with van der Waals surface area (Å²) in [4.78, 5) is 14.5. The summed E-state index contributed by atoms with van der Waals surface area (Å²) >= 11 is 0. The van der Waals surface area contributed by atoms with E-state index >= 15 is 0 Å². The van der Waals surface area contributed by atoms with Gasteiger partial charge in [0.05, 0.1) is 12.6 Å². The Balaban J connectivity index is 1.43. The number of para-hydroxylation sites is 1. The van der Waals surface area contributed by atoms with E-state index in [-0.39, 0.29) is 18.6 Å². The molecule has 1 aliphatic heterocycles. The molecule has 0 saturated carbocycles. The van der Waals surface area contributed by atoms with Gasteiger partial charge >= 0.3 is 0 Å². The molecule has 3 aromatic rings. The standard InChI is InChI=1S/C22H24N4O2/c1-16-8-6-7-11-19(16)28-15-22(27)25-13-17(2)26-20(23-24-21(26)14-25)12-18-9-4-3-5-10-18/h3-11,17H,12-15H2,1-2H3/t17-/m0/s1. The molecule has 0 N–H and O–H groups in total. The van der Waals surface area contributed by atoms with Crippen molar-refractivity contribution in [2.45, 2.75) is 32.9 Å². The molecule has 0 saturated heterocycles. The van der Waals surface area contributed by atoms with Gasteiger partial charge in [-0.3, -0.25) is 4.79 Å². The number of hydrogen-bond acceptors (Lipinski definition) is 4. The third-order valence-corrected chi connectivity index (χ3v) is 5.10. The topological polar surface area (TPSA) is 60.2 Å². The molecule has 0 radical (unpaired) electrons. The summed E-state index contributed by atoms with van der Waals surface area (Å²) in [5, 5.41) is 8.73. The summed E-state index contributed by atoms with van der Waals surface area (Å²) in [7, 11) is 0. The lowest BCUT2D eigenvalue weighted by Gasteiger charge is -2.32. The van der Waals surface area contributed by atoms with Crippen LogP contribution in [0.15, 0.2) is 54.6 Å². The van der Waals surface area contributed by atoms with Crippen molar-refractivity contribution in [1.29, 1.82) is 0 Å². The van der Waals surface area contributed by atoms with Crippen LogP contribution in [-0.4, -0.2) is 38.7 Å². The fourth-order valence-corrected chi connectivity index (χ4v) is 3.65. The van der Waals surface area contributed by atoms with Crippen molar-refractivity contribution in [3.8, 4) is 5.75 Å². The van der Waals surface area contributed by atoms with Crippen LogP contribution in [0.3, 0.4) is 0 Å². The number of aryl methyl sites for hydroxylation is 1. The molecule has 4 rings (SSSR count). The number of aromatic nitrogens is 3. The molecule has 2 heterocycles. The van der Waals surface area contributed by atoms with Gasteiger partial charge in [0.2, 0.25) is 0 Å². The second-order valence-electron chi connectivity index (χ2n) is 7.24. The maximum absolute atomic E-state index is 12.7. The number of carbonyl (C=O) groups is 1. The highest BCUT2D eigenvalue weighted by Crippen LogP contribution is 2.23. The Hall–Kier alpha value is -3.15. The first kappa shape index (κ1) is 18.2. The Labute approximate surface area is 164 Å². The molecule has 2 aromatic carbocycles. The highest BCUT2D eigenvalue weighted by atomic mass is 16.5. The molecule has 6 heteroatoms. The second-order valence-corrected chi connectivity index (χ2v) is 7.24. The van der Waals surface area contributed by atoms with E-state index in [0.29, 0.717) is 13.1 Å². The minimum Gasteiger partial charge on any atom is -0.484 e. The van der Waals surface area contributed by atoms with Crippen molar-refractivity contribution in [3.05, 3.63) is 77.4 Å². The number of fused-ring (bicyclic) bond motifs is 1. The van der Waals surface area contributed by atoms with Crippen LogP contribution in [0.5, 0.6) is 5.75 Å². The first-order valence-corrected chi connectivity index (χ1v) is 9.54. The van der Waals surface area contributed by atoms with Gasteiger partial charge in [0.25, 0.3) is 5.91 Å². The Morgan fingerprint density at radius 2 is 1.86 bits per heavy atom. The summed E-state index contributed by atoms with van der Waals surface area (Å²) in [6, 6.07) is 18.1. The van der Waals surface area contributed by atoms with E-state index in [1.807, 2.05) is 49.4 Å². The van der Waals surface area contributed by atoms with Crippen LogP contribution in [0, 0.1) is 6.92 Å². The van der Waals surface area contributed by atoms with Gasteiger partial charge in [0.15, 0.2) is 12.4 Å². The van der Waals surface area contributed by atoms with Crippen LogP contribution < -0.4 is 4.74 Å². The van der Waals surface area contributed by atoms with Crippen molar-refractivity contribution in [1.82, 2.24) is 19.7 Å². The first-order chi connectivity index (χ1) is 13.6. The van der Waals surface area contributed by atoms with Gasteiger partial charge < -0.3 is 14.2 Å². The molecule has 0 aliphatic carbocycles. The zero-order valence-corrected chi connectivity index (χ0v) is 16.2. The summed E-state index contributed by atoms with van der Waals surface area (Å²) in [6.07, 6.45) is 0.739. The molecule has 1 atom stereocenters. The van der Waals surface area contributed by atoms with Crippen molar-refractivity contribution in [2.24, 2.45) is 0 Å². The number of benzene rings is 2. The largest absolute Gasteiger partial charge is 0.484 e. The Kier molecular flexibility index (Phi) is 5.10. The van der Waals surface area contributed by atoms with Crippen LogP contribution in [-0.2, 0) is 17.8 Å². The highest BCUT2D eigenvalue weighted by molar-refractivity contribution is 5.78. The summed E-state index contributed by atoms with van der Waals surface area (Å²) < 4.78 is 7.89. The van der Waals surface area contributed by atoms with Gasteiger partial charge in [0, 0.05) is 13.0 Å². The average Bonchev–Trinajstić information content (AvgIpc) is 3.11. The van der Waals surface area contributed by atoms with Crippen molar-refractivity contribution < 1.29 is 9.53 Å². The monoisotopic (exact) mass is 376 g/mol. The van der Waals surface area contributed by atoms with Gasteiger partial charge in [-0.2, -0.15) is 0 Å². The summed E-state index contributed by atoms with van der Waals surface area (Å²) in [5.74, 6) is 2.48. The van der Waals surface area contributed by atoms with E-state index < -0.39 is 0 Å². The molecule has 0 fully saturated rings. The predicted octanol–water partition coefficient (Wildman–Crippen LogP) is 3.16. The highest BCUT2D eigenvalue weighted by Gasteiger charge is 2.29. The summed E-state index contributed by atoms with van der Waals surface area (Å²) in [6.45, 7) is 5.19. The molecule has 0 unspecified atom stereocenters. The van der Waals surface area contributed by atoms with Crippen LogP contribution in [0.1, 0.15) is 35.7 Å². The smallest absolute Gasteiger partial charge is 0.260 e. The van der Waals surface area contributed by atoms with E-state index in [4.69, 9.17) is 4.74 Å². The molecule has 1 aromatic heterocycles. The maximum atomic E-state index is 12.7. The summed E-state index contributed by atoms with van der Waals surface area (Å²) in [5.41, 5.74) is 2.22. The van der Waals surface area contributed by atoms with Gasteiger partial charge in [-0.1, -0.05) is 48.5 Å². The molecule has 28 heavy (non-hydrogen) atoms. The quantitative estimate of drug-likeness (QED) is 0.686. The van der Waals surface area contributed by atoms with E-state index in [2.05, 4.69) is 33.8 Å². The zero-order valence-electron chi connectivity index (χ0n) is 16.2. The minimum absolute atomic E-state index is 0.0303. The lowest BCUT2D eigenvalue weighted by Crippen LogP contribution is -2.42. The average molecular weight is 376 g/mol. The normalized spacial score (nSPS) is 15.9. The fraction of sp³-hybridized carbons (Fsp3) is 0.318. The minimum atomic E-state index is -0.0334. The molecule has 1 amide bonds. The molecule has 6 nitrogen and oxygen atoms in total. The lowest BCUT2D eigenvalue weighted by atomic mass is 10.1. The number of ether oxygens (including phenoxy) is 1. The first-order valence-electron chi connectivity index (χ1n) is 9.54. The molecule has 0 bridgehead atoms. The van der Waals surface area contributed by atoms with Crippen LogP contribution in [0.2, 0.25) is 0 Å². The van der Waals surface area contributed by atoms with Gasteiger partial charge in [-0.25, -0.2) is 0 Å². The van der Waals surface area contributed by atoms with Crippen LogP contribution in [0.25, 0.3) is 0 Å². The predicted molar refractivity (Wildman–Crippen MR) is 106 cm³/mol. The van der Waals surface area contributed by atoms with Gasteiger partial charge in [0.1, 0.15) is 11.6 Å². The second kappa shape index (κ2) is 7.84. The van der Waals surface area contributed by atoms with Crippen LogP contribution >= 0.6 is 0 Å². The van der Waals surface area contributed by atoms with E-state index in [0.717, 1.165) is 29.4 Å². The fourth-order valence-electron chi connectivity index (χ4n) is 3.65. The SMILES string of the molecule is Cc1ccccc1OCC(=O)N1Cc2nnc(Cc3ccccc3)n2[C@@H](C)C1. The number of carbonyl (C=O) groups excluding carboxylic acids is 1. The number of rotatable bonds is 5. The molecule has 0 spiro atoms. The Bertz CT molecular complexity index is 968. The Morgan fingerprint density at radius 3 is 2.64 bits per heavy atom. The number of nitrogens with zero attached hydrogens (tertiary/aromatic N) is 4. The lowest BCUT2D eigenvalue weighted by molar-refractivity contribution is -0.135. The van der Waals surface area contributed by atoms with Crippen molar-refractivity contribution in [2.75, 3.05) is 13.2 Å². The Morgan fingerprint density at radius 1 is 1.11 bits per heavy atom. The number of amides is 1. The zero-order chi connectivity index (χ0) is 19.5.